The van der Waals surface area contributed by atoms with Crippen LogP contribution in [0.3, 0.4) is 0 Å². The van der Waals surface area contributed by atoms with E-state index < -0.39 is 11.4 Å². The number of carbonyl (C=O) groups is 1. The molecule has 3 nitrogen and oxygen atoms in total. The maximum atomic E-state index is 11.2. The molecule has 2 aromatic rings. The van der Waals surface area contributed by atoms with Crippen molar-refractivity contribution in [2.24, 2.45) is 0 Å². The summed E-state index contributed by atoms with van der Waals surface area (Å²) in [5.41, 5.74) is 0.142. The van der Waals surface area contributed by atoms with Crippen molar-refractivity contribution in [1.29, 1.82) is 0 Å². The molecule has 5 heteroatoms. The number of thiophene rings is 1. The minimum Gasteiger partial charge on any atom is -0.481 e. The first-order valence-corrected chi connectivity index (χ1v) is 6.32. The maximum absolute atomic E-state index is 11.2. The standard InChI is InChI=1S/C10H9NO2S2/c1-5-4-6-7(14-5)8(11-15-6)10(2-3-10)9(12)13/h4H,2-3H2,1H3,(H,12,13). The van der Waals surface area contributed by atoms with Crippen LogP contribution in [0.5, 0.6) is 0 Å². The van der Waals surface area contributed by atoms with E-state index in [1.54, 1.807) is 11.3 Å². The average molecular weight is 239 g/mol. The third-order valence-electron chi connectivity index (χ3n) is 2.88. The van der Waals surface area contributed by atoms with E-state index in [0.717, 1.165) is 27.9 Å². The highest BCUT2D eigenvalue weighted by Crippen LogP contribution is 2.51. The van der Waals surface area contributed by atoms with E-state index in [2.05, 4.69) is 10.4 Å². The number of hydrogen-bond donors (Lipinski definition) is 1. The zero-order chi connectivity index (χ0) is 10.6. The lowest BCUT2D eigenvalue weighted by molar-refractivity contribution is -0.140. The van der Waals surface area contributed by atoms with Gasteiger partial charge in [-0.2, -0.15) is 4.37 Å². The smallest absolute Gasteiger partial charge is 0.315 e. The molecule has 0 bridgehead atoms. The Bertz CT molecular complexity index is 551. The monoisotopic (exact) mass is 239 g/mol. The van der Waals surface area contributed by atoms with Gasteiger partial charge in [-0.15, -0.1) is 11.3 Å². The normalized spacial score (nSPS) is 18.2. The fourth-order valence-electron chi connectivity index (χ4n) is 1.84. The third-order valence-corrected chi connectivity index (χ3v) is 4.86. The van der Waals surface area contributed by atoms with Gasteiger partial charge in [-0.05, 0) is 37.4 Å². The number of fused-ring (bicyclic) bond motifs is 1. The molecule has 1 aliphatic rings. The predicted octanol–water partition coefficient (Wildman–Crippen LogP) is 2.78. The zero-order valence-electron chi connectivity index (χ0n) is 8.11. The van der Waals surface area contributed by atoms with Gasteiger partial charge in [0.15, 0.2) is 0 Å². The lowest BCUT2D eigenvalue weighted by atomic mass is 10.0. The number of aliphatic carboxylic acids is 1. The minimum absolute atomic E-state index is 0.657. The summed E-state index contributed by atoms with van der Waals surface area (Å²) in [5.74, 6) is -0.722. The summed E-state index contributed by atoms with van der Waals surface area (Å²) in [5, 5.41) is 9.21. The molecule has 0 spiro atoms. The molecule has 78 valence electrons. The molecular formula is C10H9NO2S2. The average Bonchev–Trinajstić information content (AvgIpc) is 2.76. The number of nitrogens with zero attached hydrogens (tertiary/aromatic N) is 1. The lowest BCUT2D eigenvalue weighted by Crippen LogP contribution is -2.19. The topological polar surface area (TPSA) is 50.2 Å². The number of hydrogen-bond acceptors (Lipinski definition) is 4. The van der Waals surface area contributed by atoms with Gasteiger partial charge in [0.05, 0.1) is 15.1 Å². The van der Waals surface area contributed by atoms with Gasteiger partial charge in [0, 0.05) is 4.88 Å². The summed E-state index contributed by atoms with van der Waals surface area (Å²) in [4.78, 5) is 12.4. The van der Waals surface area contributed by atoms with E-state index in [1.807, 2.05) is 6.92 Å². The Balaban J connectivity index is 2.23. The Morgan fingerprint density at radius 2 is 2.33 bits per heavy atom. The minimum atomic E-state index is -0.722. The van der Waals surface area contributed by atoms with Crippen molar-refractivity contribution in [3.8, 4) is 0 Å². The third kappa shape index (κ3) is 1.16. The Labute approximate surface area is 94.5 Å². The Hall–Kier alpha value is -0.940. The van der Waals surface area contributed by atoms with E-state index in [0.29, 0.717) is 0 Å². The summed E-state index contributed by atoms with van der Waals surface area (Å²) in [7, 11) is 0. The molecule has 1 saturated carbocycles. The van der Waals surface area contributed by atoms with Crippen molar-refractivity contribution >= 4 is 38.2 Å². The fourth-order valence-corrected chi connectivity index (χ4v) is 4.07. The summed E-state index contributed by atoms with van der Waals surface area (Å²) in [6.45, 7) is 2.04. The van der Waals surface area contributed by atoms with Gasteiger partial charge in [0.25, 0.3) is 0 Å². The van der Waals surface area contributed by atoms with Crippen LogP contribution in [0.25, 0.3) is 9.40 Å². The second kappa shape index (κ2) is 2.80. The van der Waals surface area contributed by atoms with Crippen LogP contribution in [0.2, 0.25) is 0 Å². The summed E-state index contributed by atoms with van der Waals surface area (Å²) in [6, 6.07) is 2.08. The number of aryl methyl sites for hydroxylation is 1. The first-order valence-electron chi connectivity index (χ1n) is 4.73. The van der Waals surface area contributed by atoms with Crippen molar-refractivity contribution < 1.29 is 9.90 Å². The molecule has 0 amide bonds. The number of carboxylic acids is 1. The molecule has 3 rings (SSSR count). The molecular weight excluding hydrogens is 230 g/mol. The molecule has 0 saturated heterocycles. The highest BCUT2D eigenvalue weighted by atomic mass is 32.1. The van der Waals surface area contributed by atoms with Crippen molar-refractivity contribution in [1.82, 2.24) is 4.37 Å². The largest absolute Gasteiger partial charge is 0.481 e. The van der Waals surface area contributed by atoms with Crippen LogP contribution >= 0.6 is 22.9 Å². The van der Waals surface area contributed by atoms with Gasteiger partial charge in [-0.3, -0.25) is 4.79 Å². The van der Waals surface area contributed by atoms with Crippen LogP contribution in [-0.4, -0.2) is 15.4 Å². The van der Waals surface area contributed by atoms with Gasteiger partial charge in [0.2, 0.25) is 0 Å². The fraction of sp³-hybridized carbons (Fsp3) is 0.400. The van der Waals surface area contributed by atoms with E-state index in [-0.39, 0.29) is 0 Å². The first-order chi connectivity index (χ1) is 7.13. The number of rotatable bonds is 2. The van der Waals surface area contributed by atoms with Crippen LogP contribution in [0.4, 0.5) is 0 Å². The maximum Gasteiger partial charge on any atom is 0.315 e. The molecule has 1 aliphatic carbocycles. The second-order valence-corrected chi connectivity index (χ2v) is 6.03. The predicted molar refractivity (Wildman–Crippen MR) is 60.8 cm³/mol. The van der Waals surface area contributed by atoms with Gasteiger partial charge in [-0.25, -0.2) is 0 Å². The summed E-state index contributed by atoms with van der Waals surface area (Å²) >= 11 is 3.07. The molecule has 1 fully saturated rings. The number of aromatic nitrogens is 1. The second-order valence-electron chi connectivity index (χ2n) is 3.97. The Kier molecular flexibility index (Phi) is 1.73. The van der Waals surface area contributed by atoms with Crippen LogP contribution < -0.4 is 0 Å². The van der Waals surface area contributed by atoms with Crippen LogP contribution in [0.1, 0.15) is 23.4 Å². The highest BCUT2D eigenvalue weighted by molar-refractivity contribution is 7.25. The lowest BCUT2D eigenvalue weighted by Gasteiger charge is -2.04. The van der Waals surface area contributed by atoms with E-state index in [4.69, 9.17) is 0 Å². The molecule has 0 atom stereocenters. The molecule has 2 aromatic heterocycles. The van der Waals surface area contributed by atoms with Crippen LogP contribution in [-0.2, 0) is 10.2 Å². The molecule has 15 heavy (non-hydrogen) atoms. The first kappa shape index (κ1) is 9.30. The van der Waals surface area contributed by atoms with Crippen LogP contribution in [0.15, 0.2) is 6.07 Å². The molecule has 0 unspecified atom stereocenters. The van der Waals surface area contributed by atoms with Crippen molar-refractivity contribution in [3.05, 3.63) is 16.6 Å². The van der Waals surface area contributed by atoms with Gasteiger partial charge in [0.1, 0.15) is 5.41 Å². The Morgan fingerprint density at radius 3 is 2.93 bits per heavy atom. The summed E-state index contributed by atoms with van der Waals surface area (Å²) < 4.78 is 6.53. The molecule has 0 aromatic carbocycles. The summed E-state index contributed by atoms with van der Waals surface area (Å²) in [6.07, 6.45) is 1.47. The highest BCUT2D eigenvalue weighted by Gasteiger charge is 2.54. The van der Waals surface area contributed by atoms with E-state index >= 15 is 0 Å². The van der Waals surface area contributed by atoms with E-state index in [9.17, 15) is 9.90 Å². The van der Waals surface area contributed by atoms with E-state index in [1.165, 1.54) is 16.4 Å². The molecule has 2 heterocycles. The van der Waals surface area contributed by atoms with Gasteiger partial charge < -0.3 is 5.11 Å². The Morgan fingerprint density at radius 1 is 1.60 bits per heavy atom. The van der Waals surface area contributed by atoms with Gasteiger partial charge >= 0.3 is 5.97 Å². The molecule has 0 radical (unpaired) electrons. The van der Waals surface area contributed by atoms with Crippen LogP contribution in [0, 0.1) is 6.92 Å². The van der Waals surface area contributed by atoms with Crippen molar-refractivity contribution in [3.63, 3.8) is 0 Å². The SMILES string of the molecule is Cc1cc2snc(C3(C(=O)O)CC3)c2s1. The zero-order valence-corrected chi connectivity index (χ0v) is 9.74. The van der Waals surface area contributed by atoms with Crippen molar-refractivity contribution in [2.45, 2.75) is 25.2 Å². The quantitative estimate of drug-likeness (QED) is 0.876. The number of carboxylic acid groups (broad SMARTS) is 1. The van der Waals surface area contributed by atoms with Gasteiger partial charge in [-0.1, -0.05) is 0 Å². The van der Waals surface area contributed by atoms with Crippen molar-refractivity contribution in [2.75, 3.05) is 0 Å². The molecule has 0 aliphatic heterocycles. The molecule has 1 N–H and O–H groups in total.